The first-order valence-electron chi connectivity index (χ1n) is 8.52. The van der Waals surface area contributed by atoms with E-state index in [0.717, 1.165) is 26.2 Å². The maximum absolute atomic E-state index is 6.48. The molecule has 2 fully saturated rings. The molecule has 2 heterocycles. The molecular formula is C16H32N2O3. The van der Waals surface area contributed by atoms with Crippen LogP contribution in [-0.4, -0.2) is 61.0 Å². The molecule has 0 saturated carbocycles. The summed E-state index contributed by atoms with van der Waals surface area (Å²) in [5.74, 6) is -1.42. The Bertz CT molecular complexity index is 287. The molecule has 0 amide bonds. The molecule has 0 aromatic heterocycles. The number of rotatable bonds is 8. The predicted octanol–water partition coefficient (Wildman–Crippen LogP) is 2.62. The lowest BCUT2D eigenvalue weighted by atomic mass is 10.4. The van der Waals surface area contributed by atoms with Crippen LogP contribution in [0, 0.1) is 0 Å². The molecule has 2 rings (SSSR count). The highest BCUT2D eigenvalue weighted by Gasteiger charge is 2.46. The molecule has 2 aliphatic rings. The zero-order valence-electron chi connectivity index (χ0n) is 14.2. The number of hydrogen-bond donors (Lipinski definition) is 0. The van der Waals surface area contributed by atoms with Gasteiger partial charge in [-0.1, -0.05) is 0 Å². The molecule has 21 heavy (non-hydrogen) atoms. The number of likely N-dealkylation sites (tertiary alicyclic amines) is 2. The number of hydrogen-bond acceptors (Lipinski definition) is 5. The van der Waals surface area contributed by atoms with Gasteiger partial charge in [0.15, 0.2) is 0 Å². The van der Waals surface area contributed by atoms with Crippen molar-refractivity contribution in [2.75, 3.05) is 39.4 Å². The molecule has 0 aromatic rings. The van der Waals surface area contributed by atoms with E-state index in [2.05, 4.69) is 9.80 Å². The third-order valence-electron chi connectivity index (χ3n) is 4.56. The normalized spacial score (nSPS) is 26.9. The monoisotopic (exact) mass is 300 g/mol. The van der Waals surface area contributed by atoms with Gasteiger partial charge in [0, 0.05) is 53.2 Å². The zero-order chi connectivity index (χ0) is 15.3. The minimum atomic E-state index is -0.711. The average Bonchev–Trinajstić information content (AvgIpc) is 3.13. The van der Waals surface area contributed by atoms with Crippen molar-refractivity contribution in [1.82, 2.24) is 9.80 Å². The molecule has 5 nitrogen and oxygen atoms in total. The van der Waals surface area contributed by atoms with Crippen molar-refractivity contribution >= 4 is 0 Å². The third kappa shape index (κ3) is 3.96. The van der Waals surface area contributed by atoms with Crippen LogP contribution in [-0.2, 0) is 14.2 Å². The summed E-state index contributed by atoms with van der Waals surface area (Å²) in [6, 6.07) is 0. The Kier molecular flexibility index (Phi) is 6.03. The van der Waals surface area contributed by atoms with Gasteiger partial charge < -0.3 is 9.47 Å². The summed E-state index contributed by atoms with van der Waals surface area (Å²) >= 11 is 0. The lowest BCUT2D eigenvalue weighted by Gasteiger charge is -2.47. The largest absolute Gasteiger partial charge is 0.338 e. The van der Waals surface area contributed by atoms with Crippen molar-refractivity contribution < 1.29 is 14.2 Å². The zero-order valence-corrected chi connectivity index (χ0v) is 14.2. The van der Waals surface area contributed by atoms with Gasteiger partial charge in [-0.15, -0.1) is 0 Å². The van der Waals surface area contributed by atoms with E-state index in [-0.39, 0.29) is 0 Å². The first kappa shape index (κ1) is 17.2. The van der Waals surface area contributed by atoms with Gasteiger partial charge in [0.25, 0.3) is 0 Å². The van der Waals surface area contributed by atoms with E-state index in [9.17, 15) is 0 Å². The lowest BCUT2D eigenvalue weighted by molar-refractivity contribution is -0.425. The smallest absolute Gasteiger partial charge is 0.230 e. The molecule has 0 bridgehead atoms. The van der Waals surface area contributed by atoms with E-state index in [1.54, 1.807) is 0 Å². The Hall–Kier alpha value is -0.200. The van der Waals surface area contributed by atoms with Crippen LogP contribution in [0.5, 0.6) is 0 Å². The van der Waals surface area contributed by atoms with Crippen LogP contribution in [0.4, 0.5) is 0 Å². The fourth-order valence-electron chi connectivity index (χ4n) is 3.50. The highest BCUT2D eigenvalue weighted by molar-refractivity contribution is 4.80. The maximum Gasteiger partial charge on any atom is 0.230 e. The van der Waals surface area contributed by atoms with Gasteiger partial charge in [-0.25, -0.2) is 0 Å². The van der Waals surface area contributed by atoms with Crippen LogP contribution in [0.1, 0.15) is 53.4 Å². The van der Waals surface area contributed by atoms with Crippen molar-refractivity contribution in [3.8, 4) is 0 Å². The van der Waals surface area contributed by atoms with Crippen molar-refractivity contribution in [3.05, 3.63) is 0 Å². The molecule has 2 atom stereocenters. The second-order valence-electron chi connectivity index (χ2n) is 6.15. The Morgan fingerprint density at radius 1 is 0.714 bits per heavy atom. The Morgan fingerprint density at radius 3 is 1.33 bits per heavy atom. The third-order valence-corrected chi connectivity index (χ3v) is 4.56. The van der Waals surface area contributed by atoms with Gasteiger partial charge in [0.2, 0.25) is 11.8 Å². The first-order valence-corrected chi connectivity index (χ1v) is 8.52. The molecule has 0 radical (unpaired) electrons. The Labute approximate surface area is 129 Å². The van der Waals surface area contributed by atoms with Crippen LogP contribution >= 0.6 is 0 Å². The summed E-state index contributed by atoms with van der Waals surface area (Å²) in [5.41, 5.74) is 0. The highest BCUT2D eigenvalue weighted by atomic mass is 16.8. The molecule has 0 aliphatic carbocycles. The Balaban J connectivity index is 2.13. The average molecular weight is 300 g/mol. The molecular weight excluding hydrogens is 268 g/mol. The molecule has 2 saturated heterocycles. The van der Waals surface area contributed by atoms with Crippen LogP contribution in [0.25, 0.3) is 0 Å². The molecule has 5 heteroatoms. The van der Waals surface area contributed by atoms with Crippen LogP contribution < -0.4 is 0 Å². The number of ether oxygens (including phenoxy) is 3. The molecule has 0 spiro atoms. The minimum absolute atomic E-state index is 0.634. The topological polar surface area (TPSA) is 34.2 Å². The highest BCUT2D eigenvalue weighted by Crippen LogP contribution is 2.33. The van der Waals surface area contributed by atoms with Gasteiger partial charge in [-0.3, -0.25) is 14.5 Å². The van der Waals surface area contributed by atoms with Gasteiger partial charge >= 0.3 is 0 Å². The SMILES string of the molecule is CCOC(C)(OC(C)(OCC)N1CCCC1)N1CCCC1. The van der Waals surface area contributed by atoms with E-state index in [0.29, 0.717) is 13.2 Å². The van der Waals surface area contributed by atoms with Crippen molar-refractivity contribution in [1.29, 1.82) is 0 Å². The second kappa shape index (κ2) is 7.38. The maximum atomic E-state index is 6.48. The van der Waals surface area contributed by atoms with Crippen molar-refractivity contribution in [2.24, 2.45) is 0 Å². The summed E-state index contributed by atoms with van der Waals surface area (Å²) in [6.45, 7) is 13.5. The van der Waals surface area contributed by atoms with Crippen molar-refractivity contribution in [2.45, 2.75) is 65.2 Å². The minimum Gasteiger partial charge on any atom is -0.338 e. The molecule has 124 valence electrons. The quantitative estimate of drug-likeness (QED) is 0.644. The van der Waals surface area contributed by atoms with E-state index < -0.39 is 11.8 Å². The van der Waals surface area contributed by atoms with E-state index in [1.807, 2.05) is 27.7 Å². The molecule has 2 aliphatic heterocycles. The molecule has 0 aromatic carbocycles. The summed E-state index contributed by atoms with van der Waals surface area (Å²) < 4.78 is 18.5. The summed E-state index contributed by atoms with van der Waals surface area (Å²) in [7, 11) is 0. The fraction of sp³-hybridized carbons (Fsp3) is 1.00. The van der Waals surface area contributed by atoms with Crippen LogP contribution in [0.15, 0.2) is 0 Å². The standard InChI is InChI=1S/C16H32N2O3/c1-5-19-15(3,17-11-7-8-12-17)21-16(4,20-6-2)18-13-9-10-14-18/h5-14H2,1-4H3. The van der Waals surface area contributed by atoms with Gasteiger partial charge in [0.1, 0.15) is 0 Å². The Morgan fingerprint density at radius 2 is 1.05 bits per heavy atom. The summed E-state index contributed by atoms with van der Waals surface area (Å²) in [5, 5.41) is 0. The predicted molar refractivity (Wildman–Crippen MR) is 82.8 cm³/mol. The van der Waals surface area contributed by atoms with Crippen molar-refractivity contribution in [3.63, 3.8) is 0 Å². The van der Waals surface area contributed by atoms with E-state index in [1.165, 1.54) is 25.7 Å². The van der Waals surface area contributed by atoms with E-state index in [4.69, 9.17) is 14.2 Å². The molecule has 2 unspecified atom stereocenters. The number of nitrogens with zero attached hydrogens (tertiary/aromatic N) is 2. The van der Waals surface area contributed by atoms with Gasteiger partial charge in [-0.2, -0.15) is 0 Å². The first-order chi connectivity index (χ1) is 10.0. The van der Waals surface area contributed by atoms with Gasteiger partial charge in [-0.05, 0) is 39.5 Å². The summed E-state index contributed by atoms with van der Waals surface area (Å²) in [4.78, 5) is 4.59. The van der Waals surface area contributed by atoms with Gasteiger partial charge in [0.05, 0.1) is 0 Å². The fourth-order valence-corrected chi connectivity index (χ4v) is 3.50. The second-order valence-corrected chi connectivity index (χ2v) is 6.15. The van der Waals surface area contributed by atoms with Crippen LogP contribution in [0.3, 0.4) is 0 Å². The molecule has 0 N–H and O–H groups in total. The lowest BCUT2D eigenvalue weighted by Crippen LogP contribution is -2.60. The van der Waals surface area contributed by atoms with Crippen LogP contribution in [0.2, 0.25) is 0 Å². The summed E-state index contributed by atoms with van der Waals surface area (Å²) in [6.07, 6.45) is 4.84. The van der Waals surface area contributed by atoms with E-state index >= 15 is 0 Å².